The van der Waals surface area contributed by atoms with Gasteiger partial charge in [-0.15, -0.1) is 0 Å². The monoisotopic (exact) mass is 247 g/mol. The molecule has 2 N–H and O–H groups in total. The summed E-state index contributed by atoms with van der Waals surface area (Å²) in [5.74, 6) is -3.87. The highest BCUT2D eigenvalue weighted by Crippen LogP contribution is 2.22. The van der Waals surface area contributed by atoms with Gasteiger partial charge in [0, 0.05) is 24.8 Å². The van der Waals surface area contributed by atoms with Crippen molar-refractivity contribution in [2.24, 2.45) is 5.73 Å². The molecule has 1 aromatic carbocycles. The third kappa shape index (κ3) is 3.71. The first-order chi connectivity index (χ1) is 8.07. The minimum atomic E-state index is -1.47. The van der Waals surface area contributed by atoms with Crippen molar-refractivity contribution in [2.75, 3.05) is 13.2 Å². The fourth-order valence-corrected chi connectivity index (χ4v) is 1.53. The maximum absolute atomic E-state index is 13.4. The highest BCUT2D eigenvalue weighted by atomic mass is 19.2. The Morgan fingerprint density at radius 2 is 1.94 bits per heavy atom. The summed E-state index contributed by atoms with van der Waals surface area (Å²) in [6.45, 7) is 3.00. The molecule has 0 aliphatic rings. The largest absolute Gasteiger partial charge is 0.382 e. The van der Waals surface area contributed by atoms with Crippen LogP contribution in [0.2, 0.25) is 0 Å². The lowest BCUT2D eigenvalue weighted by Gasteiger charge is -2.13. The van der Waals surface area contributed by atoms with Gasteiger partial charge in [0.2, 0.25) is 0 Å². The summed E-state index contributed by atoms with van der Waals surface area (Å²) in [6.07, 6.45) is 1.11. The van der Waals surface area contributed by atoms with Crippen molar-refractivity contribution >= 4 is 0 Å². The van der Waals surface area contributed by atoms with Crippen LogP contribution in [0.3, 0.4) is 0 Å². The summed E-state index contributed by atoms with van der Waals surface area (Å²) in [4.78, 5) is 0. The van der Waals surface area contributed by atoms with Gasteiger partial charge in [0.15, 0.2) is 17.5 Å². The summed E-state index contributed by atoms with van der Waals surface area (Å²) in [5.41, 5.74) is 5.71. The normalized spacial score (nSPS) is 12.8. The number of nitrogens with two attached hydrogens (primary N) is 1. The first-order valence-electron chi connectivity index (χ1n) is 5.54. The SMILES string of the molecule is CCOCCCC(N)c1ccc(F)c(F)c1F. The van der Waals surface area contributed by atoms with Crippen LogP contribution in [0.25, 0.3) is 0 Å². The highest BCUT2D eigenvalue weighted by molar-refractivity contribution is 5.23. The Morgan fingerprint density at radius 3 is 2.59 bits per heavy atom. The van der Waals surface area contributed by atoms with Crippen LogP contribution in [0.5, 0.6) is 0 Å². The molecular weight excluding hydrogens is 231 g/mol. The number of rotatable bonds is 6. The maximum atomic E-state index is 13.4. The number of ether oxygens (including phenoxy) is 1. The zero-order valence-corrected chi connectivity index (χ0v) is 9.68. The molecule has 1 unspecified atom stereocenters. The summed E-state index contributed by atoms with van der Waals surface area (Å²) in [7, 11) is 0. The molecule has 2 nitrogen and oxygen atoms in total. The second kappa shape index (κ2) is 6.61. The van der Waals surface area contributed by atoms with E-state index in [1.807, 2.05) is 6.92 Å². The van der Waals surface area contributed by atoms with Gasteiger partial charge in [-0.05, 0) is 25.8 Å². The highest BCUT2D eigenvalue weighted by Gasteiger charge is 2.17. The lowest BCUT2D eigenvalue weighted by atomic mass is 10.0. The van der Waals surface area contributed by atoms with E-state index in [0.29, 0.717) is 26.1 Å². The topological polar surface area (TPSA) is 35.2 Å². The third-order valence-electron chi connectivity index (χ3n) is 2.47. The van der Waals surface area contributed by atoms with Crippen LogP contribution in [-0.2, 0) is 4.74 Å². The minimum Gasteiger partial charge on any atom is -0.382 e. The molecule has 96 valence electrons. The first-order valence-corrected chi connectivity index (χ1v) is 5.54. The molecule has 0 radical (unpaired) electrons. The van der Waals surface area contributed by atoms with E-state index in [2.05, 4.69) is 0 Å². The van der Waals surface area contributed by atoms with Crippen LogP contribution < -0.4 is 5.73 Å². The van der Waals surface area contributed by atoms with E-state index >= 15 is 0 Å². The molecule has 0 saturated heterocycles. The Balaban J connectivity index is 2.63. The molecule has 0 aromatic heterocycles. The predicted molar refractivity (Wildman–Crippen MR) is 59.0 cm³/mol. The van der Waals surface area contributed by atoms with Gasteiger partial charge in [0.05, 0.1) is 0 Å². The zero-order valence-electron chi connectivity index (χ0n) is 9.68. The quantitative estimate of drug-likeness (QED) is 0.619. The number of benzene rings is 1. The Morgan fingerprint density at radius 1 is 1.24 bits per heavy atom. The van der Waals surface area contributed by atoms with E-state index in [4.69, 9.17) is 10.5 Å². The van der Waals surface area contributed by atoms with Gasteiger partial charge < -0.3 is 10.5 Å². The van der Waals surface area contributed by atoms with Gasteiger partial charge in [0.25, 0.3) is 0 Å². The second-order valence-electron chi connectivity index (χ2n) is 3.71. The average molecular weight is 247 g/mol. The molecule has 1 rings (SSSR count). The Hall–Kier alpha value is -1.07. The Bertz CT molecular complexity index is 371. The number of halogens is 3. The molecule has 0 bridgehead atoms. The van der Waals surface area contributed by atoms with E-state index in [0.717, 1.165) is 6.07 Å². The molecule has 0 heterocycles. The van der Waals surface area contributed by atoms with E-state index < -0.39 is 23.5 Å². The van der Waals surface area contributed by atoms with Crippen LogP contribution >= 0.6 is 0 Å². The van der Waals surface area contributed by atoms with E-state index in [9.17, 15) is 13.2 Å². The van der Waals surface area contributed by atoms with Gasteiger partial charge in [-0.2, -0.15) is 0 Å². The molecule has 17 heavy (non-hydrogen) atoms. The van der Waals surface area contributed by atoms with Crippen molar-refractivity contribution < 1.29 is 17.9 Å². The lowest BCUT2D eigenvalue weighted by molar-refractivity contribution is 0.142. The molecule has 1 atom stereocenters. The molecular formula is C12H16F3NO. The zero-order chi connectivity index (χ0) is 12.8. The number of hydrogen-bond donors (Lipinski definition) is 1. The van der Waals surface area contributed by atoms with Crippen LogP contribution in [-0.4, -0.2) is 13.2 Å². The predicted octanol–water partition coefficient (Wildman–Crippen LogP) is 2.92. The first kappa shape index (κ1) is 14.0. The summed E-state index contributed by atoms with van der Waals surface area (Å²) in [5, 5.41) is 0. The van der Waals surface area contributed by atoms with Gasteiger partial charge in [-0.1, -0.05) is 6.07 Å². The summed E-state index contributed by atoms with van der Waals surface area (Å²) < 4.78 is 44.1. The Labute approximate surface area is 98.6 Å². The van der Waals surface area contributed by atoms with Crippen LogP contribution in [0.15, 0.2) is 12.1 Å². The molecule has 5 heteroatoms. The standard InChI is InChI=1S/C12H16F3NO/c1-2-17-7-3-4-10(16)8-5-6-9(13)12(15)11(8)14/h5-6,10H,2-4,7,16H2,1H3. The summed E-state index contributed by atoms with van der Waals surface area (Å²) >= 11 is 0. The minimum absolute atomic E-state index is 0.000369. The van der Waals surface area contributed by atoms with E-state index in [1.165, 1.54) is 6.07 Å². The van der Waals surface area contributed by atoms with Crippen LogP contribution in [0, 0.1) is 17.5 Å². The van der Waals surface area contributed by atoms with Gasteiger partial charge in [0.1, 0.15) is 0 Å². The smallest absolute Gasteiger partial charge is 0.194 e. The maximum Gasteiger partial charge on any atom is 0.194 e. The van der Waals surface area contributed by atoms with Crippen LogP contribution in [0.4, 0.5) is 13.2 Å². The molecule has 0 aliphatic carbocycles. The van der Waals surface area contributed by atoms with Crippen molar-refractivity contribution in [3.8, 4) is 0 Å². The number of hydrogen-bond acceptors (Lipinski definition) is 2. The fraction of sp³-hybridized carbons (Fsp3) is 0.500. The molecule has 0 spiro atoms. The summed E-state index contributed by atoms with van der Waals surface area (Å²) in [6, 6.07) is 1.42. The van der Waals surface area contributed by atoms with Gasteiger partial charge in [-0.3, -0.25) is 0 Å². The molecule has 0 aliphatic heterocycles. The average Bonchev–Trinajstić information content (AvgIpc) is 2.31. The fourth-order valence-electron chi connectivity index (χ4n) is 1.53. The third-order valence-corrected chi connectivity index (χ3v) is 2.47. The molecule has 1 aromatic rings. The second-order valence-corrected chi connectivity index (χ2v) is 3.71. The van der Waals surface area contributed by atoms with Gasteiger partial charge >= 0.3 is 0 Å². The van der Waals surface area contributed by atoms with E-state index in [-0.39, 0.29) is 5.56 Å². The van der Waals surface area contributed by atoms with Crippen molar-refractivity contribution in [1.29, 1.82) is 0 Å². The van der Waals surface area contributed by atoms with Crippen molar-refractivity contribution in [3.63, 3.8) is 0 Å². The van der Waals surface area contributed by atoms with Crippen molar-refractivity contribution in [2.45, 2.75) is 25.8 Å². The van der Waals surface area contributed by atoms with Crippen molar-refractivity contribution in [1.82, 2.24) is 0 Å². The molecule has 0 amide bonds. The molecule has 0 saturated carbocycles. The van der Waals surface area contributed by atoms with Crippen molar-refractivity contribution in [3.05, 3.63) is 35.1 Å². The van der Waals surface area contributed by atoms with Gasteiger partial charge in [-0.25, -0.2) is 13.2 Å². The Kier molecular flexibility index (Phi) is 5.44. The van der Waals surface area contributed by atoms with E-state index in [1.54, 1.807) is 0 Å². The lowest BCUT2D eigenvalue weighted by Crippen LogP contribution is -2.14. The van der Waals surface area contributed by atoms with Crippen LogP contribution in [0.1, 0.15) is 31.4 Å². The molecule has 0 fully saturated rings.